The summed E-state index contributed by atoms with van der Waals surface area (Å²) in [5.74, 6) is -3.70. The molecule has 0 fully saturated rings. The second-order valence-corrected chi connectivity index (χ2v) is 4.26. The summed E-state index contributed by atoms with van der Waals surface area (Å²) >= 11 is 3.87. The number of carboxylic acids is 2. The van der Waals surface area contributed by atoms with Crippen molar-refractivity contribution in [2.45, 2.75) is 24.9 Å². The zero-order valence-corrected chi connectivity index (χ0v) is 14.0. The Balaban J connectivity index is -0.00000180. The van der Waals surface area contributed by atoms with E-state index in [4.69, 9.17) is 15.9 Å². The van der Waals surface area contributed by atoms with E-state index in [1.165, 1.54) is 0 Å². The molecular weight excluding hydrogens is 393 g/mol. The van der Waals surface area contributed by atoms with Gasteiger partial charge in [-0.2, -0.15) is 12.6 Å². The molecule has 12 heteroatoms. The van der Waals surface area contributed by atoms with E-state index in [-0.39, 0.29) is 58.7 Å². The number of hydrogen-bond donors (Lipinski definition) is 6. The van der Waals surface area contributed by atoms with E-state index in [1.807, 2.05) is 0 Å². The number of carboxylic acid groups (broad SMARTS) is 2. The third kappa shape index (κ3) is 12.1. The predicted octanol–water partition coefficient (Wildman–Crippen LogP) is -4.04. The fourth-order valence-electron chi connectivity index (χ4n) is 1.16. The van der Waals surface area contributed by atoms with Crippen LogP contribution in [0.1, 0.15) is 12.8 Å². The van der Waals surface area contributed by atoms with Crippen molar-refractivity contribution in [2.24, 2.45) is 5.73 Å². The van der Waals surface area contributed by atoms with Crippen molar-refractivity contribution in [1.82, 2.24) is 10.6 Å². The van der Waals surface area contributed by atoms with Gasteiger partial charge in [-0.25, -0.2) is 0 Å². The van der Waals surface area contributed by atoms with E-state index in [0.717, 1.165) is 0 Å². The van der Waals surface area contributed by atoms with Crippen molar-refractivity contribution in [3.63, 3.8) is 0 Å². The molecule has 2 unspecified atom stereocenters. The summed E-state index contributed by atoms with van der Waals surface area (Å²) in [6, 6.07) is -2.15. The zero-order chi connectivity index (χ0) is 15.7. The Morgan fingerprint density at radius 2 is 1.73 bits per heavy atom. The number of thiol groups is 1. The number of rotatable bonds is 9. The predicted molar refractivity (Wildman–Crippen MR) is 88.4 cm³/mol. The Bertz CT molecular complexity index is 401. The topological polar surface area (TPSA) is 159 Å². The van der Waals surface area contributed by atoms with Crippen LogP contribution in [-0.2, 0) is 19.2 Å². The van der Waals surface area contributed by atoms with Crippen LogP contribution < -0.4 is 16.4 Å². The second kappa shape index (κ2) is 14.1. The molecule has 0 bridgehead atoms. The maximum absolute atomic E-state index is 11.5. The monoisotopic (exact) mass is 415 g/mol. The van der Waals surface area contributed by atoms with Crippen molar-refractivity contribution < 1.29 is 29.4 Å². The molecule has 9 nitrogen and oxygen atoms in total. The minimum atomic E-state index is -1.22. The van der Waals surface area contributed by atoms with E-state index in [0.29, 0.717) is 0 Å². The Morgan fingerprint density at radius 1 is 1.18 bits per heavy atom. The van der Waals surface area contributed by atoms with Crippen LogP contribution in [0.15, 0.2) is 0 Å². The Kier molecular flexibility index (Phi) is 16.9. The van der Waals surface area contributed by atoms with Crippen LogP contribution in [-0.4, -0.2) is 98.5 Å². The Labute approximate surface area is 159 Å². The first kappa shape index (κ1) is 26.4. The quantitative estimate of drug-likeness (QED) is 0.165. The van der Waals surface area contributed by atoms with Gasteiger partial charge in [0.2, 0.25) is 11.8 Å². The molecule has 0 aliphatic heterocycles. The van der Waals surface area contributed by atoms with E-state index < -0.39 is 42.4 Å². The number of nitrogens with two attached hydrogens (primary N) is 1. The van der Waals surface area contributed by atoms with Crippen LogP contribution in [0.5, 0.6) is 0 Å². The van der Waals surface area contributed by atoms with E-state index in [9.17, 15) is 19.2 Å². The molecule has 0 aliphatic carbocycles. The van der Waals surface area contributed by atoms with Crippen LogP contribution in [0.4, 0.5) is 0 Å². The minimum absolute atomic E-state index is 0. The number of carbonyl (C=O) groups excluding carboxylic acids is 2. The zero-order valence-electron chi connectivity index (χ0n) is 11.0. The molecule has 0 aromatic carbocycles. The molecule has 0 aromatic heterocycles. The van der Waals surface area contributed by atoms with Crippen molar-refractivity contribution in [3.8, 4) is 0 Å². The first-order chi connectivity index (χ1) is 9.27. The number of nitrogens with one attached hydrogen (secondary N) is 2. The van der Waals surface area contributed by atoms with Gasteiger partial charge in [0, 0.05) is 12.2 Å². The van der Waals surface area contributed by atoms with Gasteiger partial charge in [0.1, 0.15) is 18.6 Å². The molecule has 2 atom stereocenters. The molecule has 22 heavy (non-hydrogen) atoms. The maximum atomic E-state index is 11.5. The van der Waals surface area contributed by atoms with Gasteiger partial charge in [-0.05, 0) is 6.42 Å². The standard InChI is InChI=1S/C10H17N3O6S.Mg.H2Se.2H/c11-5(10(18)19)1-2-7(14)13-6(4-20)9(17)12-3-8(15)16;;;;/h5-6,20H,1-4,11H2,(H,12,17)(H,13,14)(H,15,16)(H,18,19);;1H2;;. The number of amides is 2. The number of hydrogen-bond acceptors (Lipinski definition) is 6. The van der Waals surface area contributed by atoms with Crippen LogP contribution in [0.3, 0.4) is 0 Å². The van der Waals surface area contributed by atoms with Crippen LogP contribution in [0, 0.1) is 0 Å². The van der Waals surface area contributed by atoms with Crippen LogP contribution >= 0.6 is 12.6 Å². The molecule has 0 aromatic rings. The molecule has 2 amide bonds. The molecule has 0 radical (unpaired) electrons. The Hall–Kier alpha value is -0.524. The number of aliphatic carboxylic acids is 2. The Morgan fingerprint density at radius 3 is 2.14 bits per heavy atom. The second-order valence-electron chi connectivity index (χ2n) is 3.90. The van der Waals surface area contributed by atoms with Crippen LogP contribution in [0.2, 0.25) is 0 Å². The van der Waals surface area contributed by atoms with Gasteiger partial charge in [0.25, 0.3) is 0 Å². The van der Waals surface area contributed by atoms with Gasteiger partial charge in [-0.3, -0.25) is 19.2 Å². The SMILES string of the molecule is NC(CCC(=O)NC(CS)C(=O)NCC(=O)O)C(=O)O.[MgH2].[SeH2]. The van der Waals surface area contributed by atoms with Crippen LogP contribution in [0.25, 0.3) is 0 Å². The normalized spacial score (nSPS) is 11.9. The van der Waals surface area contributed by atoms with Crippen molar-refractivity contribution in [2.75, 3.05) is 12.3 Å². The molecule has 0 aliphatic rings. The number of carbonyl (C=O) groups is 4. The third-order valence-electron chi connectivity index (χ3n) is 2.25. The molecular formula is C10H21MgN3O6SSe. The van der Waals surface area contributed by atoms with Gasteiger partial charge in [0.15, 0.2) is 0 Å². The summed E-state index contributed by atoms with van der Waals surface area (Å²) in [6.07, 6.45) is -0.235. The van der Waals surface area contributed by atoms with E-state index in [1.54, 1.807) is 0 Å². The van der Waals surface area contributed by atoms with E-state index in [2.05, 4.69) is 23.3 Å². The van der Waals surface area contributed by atoms with Gasteiger partial charge in [-0.1, -0.05) is 0 Å². The fraction of sp³-hybridized carbons (Fsp3) is 0.600. The summed E-state index contributed by atoms with van der Waals surface area (Å²) in [5.41, 5.74) is 5.23. The summed E-state index contributed by atoms with van der Waals surface area (Å²) in [4.78, 5) is 43.7. The molecule has 0 rings (SSSR count). The van der Waals surface area contributed by atoms with Gasteiger partial charge in [-0.15, -0.1) is 0 Å². The first-order valence-electron chi connectivity index (χ1n) is 5.66. The molecule has 0 spiro atoms. The van der Waals surface area contributed by atoms with E-state index >= 15 is 0 Å². The molecule has 126 valence electrons. The molecule has 6 N–H and O–H groups in total. The van der Waals surface area contributed by atoms with Crippen molar-refractivity contribution >= 4 is 76.5 Å². The summed E-state index contributed by atoms with van der Waals surface area (Å²) in [7, 11) is 0. The molecule has 0 heterocycles. The molecule has 0 saturated carbocycles. The van der Waals surface area contributed by atoms with Gasteiger partial charge < -0.3 is 26.6 Å². The average Bonchev–Trinajstić information content (AvgIpc) is 2.38. The van der Waals surface area contributed by atoms with Crippen molar-refractivity contribution in [3.05, 3.63) is 0 Å². The first-order valence-corrected chi connectivity index (χ1v) is 6.29. The summed E-state index contributed by atoms with van der Waals surface area (Å²) in [5, 5.41) is 21.4. The van der Waals surface area contributed by atoms with Gasteiger partial charge in [0.05, 0.1) is 0 Å². The average molecular weight is 415 g/mol. The summed E-state index contributed by atoms with van der Waals surface area (Å²) in [6.45, 7) is -0.567. The third-order valence-corrected chi connectivity index (χ3v) is 2.61. The summed E-state index contributed by atoms with van der Waals surface area (Å²) < 4.78 is 0. The fourth-order valence-corrected chi connectivity index (χ4v) is 1.41. The van der Waals surface area contributed by atoms with Crippen molar-refractivity contribution in [1.29, 1.82) is 0 Å². The molecule has 0 saturated heterocycles. The van der Waals surface area contributed by atoms with Gasteiger partial charge >= 0.3 is 52.1 Å².